The van der Waals surface area contributed by atoms with Gasteiger partial charge < -0.3 is 16.2 Å². The third kappa shape index (κ3) is 5.80. The zero-order chi connectivity index (χ0) is 13.4. The van der Waals surface area contributed by atoms with Gasteiger partial charge in [-0.1, -0.05) is 0 Å². The molecule has 17 heavy (non-hydrogen) atoms. The molecule has 0 bridgehead atoms. The molecule has 3 amide bonds. The minimum atomic E-state index is -0.912. The zero-order valence-corrected chi connectivity index (χ0v) is 9.51. The Morgan fingerprint density at radius 1 is 1.24 bits per heavy atom. The Balaban J connectivity index is 4.83. The molecule has 9 nitrogen and oxygen atoms in total. The molecule has 98 valence electrons. The summed E-state index contributed by atoms with van der Waals surface area (Å²) in [7, 11) is 1.36. The Labute approximate surface area is 98.2 Å². The highest BCUT2D eigenvalue weighted by Gasteiger charge is 2.27. The highest BCUT2D eigenvalue weighted by Crippen LogP contribution is 2.00. The first-order valence-electron chi connectivity index (χ1n) is 4.72. The van der Waals surface area contributed by atoms with Crippen LogP contribution in [-0.2, 0) is 19.1 Å². The van der Waals surface area contributed by atoms with Crippen molar-refractivity contribution in [3.63, 3.8) is 0 Å². The summed E-state index contributed by atoms with van der Waals surface area (Å²) in [5, 5.41) is 0. The molecule has 7 N–H and O–H groups in total. The van der Waals surface area contributed by atoms with Crippen molar-refractivity contribution in [3.8, 4) is 0 Å². The van der Waals surface area contributed by atoms with Gasteiger partial charge in [-0.05, 0) is 0 Å². The van der Waals surface area contributed by atoms with Gasteiger partial charge in [-0.15, -0.1) is 0 Å². The molecule has 0 aromatic rings. The highest BCUT2D eigenvalue weighted by atomic mass is 16.5. The van der Waals surface area contributed by atoms with Crippen molar-refractivity contribution in [1.82, 2.24) is 10.3 Å². The van der Waals surface area contributed by atoms with Crippen molar-refractivity contribution in [2.24, 2.45) is 17.3 Å². The minimum absolute atomic E-state index is 0.0520. The summed E-state index contributed by atoms with van der Waals surface area (Å²) < 4.78 is 4.81. The maximum Gasteiger partial charge on any atom is 0.253 e. The number of nitrogens with one attached hydrogen (secondary N) is 1. The topological polar surface area (TPSA) is 154 Å². The standard InChI is InChI=1S/C8H17N5O4/c1-17-4-5(8(16)12-11)13(2-6(9)14)3-7(10)15/h5H,2-4,11H2,1H3,(H2,9,14)(H2,10,15)(H,12,16). The number of amides is 3. The summed E-state index contributed by atoms with van der Waals surface area (Å²) in [5.74, 6) is 2.99. The molecule has 0 aromatic carbocycles. The molecular formula is C8H17N5O4. The molecule has 0 heterocycles. The van der Waals surface area contributed by atoms with E-state index in [-0.39, 0.29) is 19.7 Å². The zero-order valence-electron chi connectivity index (χ0n) is 9.51. The van der Waals surface area contributed by atoms with E-state index < -0.39 is 23.8 Å². The molecule has 1 atom stereocenters. The van der Waals surface area contributed by atoms with Crippen LogP contribution in [0.15, 0.2) is 0 Å². The second-order valence-corrected chi connectivity index (χ2v) is 3.32. The molecule has 0 saturated carbocycles. The lowest BCUT2D eigenvalue weighted by Crippen LogP contribution is -2.55. The van der Waals surface area contributed by atoms with Gasteiger partial charge in [-0.25, -0.2) is 5.84 Å². The van der Waals surface area contributed by atoms with Gasteiger partial charge in [0.25, 0.3) is 5.91 Å². The quantitative estimate of drug-likeness (QED) is 0.196. The van der Waals surface area contributed by atoms with Gasteiger partial charge in [0, 0.05) is 7.11 Å². The Morgan fingerprint density at radius 2 is 1.71 bits per heavy atom. The number of rotatable bonds is 8. The van der Waals surface area contributed by atoms with Crippen LogP contribution in [0.25, 0.3) is 0 Å². The number of hydrogen-bond donors (Lipinski definition) is 4. The van der Waals surface area contributed by atoms with Crippen molar-refractivity contribution < 1.29 is 19.1 Å². The number of hydrazine groups is 1. The molecule has 0 spiro atoms. The van der Waals surface area contributed by atoms with Crippen molar-refractivity contribution in [1.29, 1.82) is 0 Å². The lowest BCUT2D eigenvalue weighted by molar-refractivity contribution is -0.131. The summed E-state index contributed by atoms with van der Waals surface area (Å²) >= 11 is 0. The number of methoxy groups -OCH3 is 1. The van der Waals surface area contributed by atoms with E-state index >= 15 is 0 Å². The van der Waals surface area contributed by atoms with Crippen molar-refractivity contribution in [2.75, 3.05) is 26.8 Å². The fraction of sp³-hybridized carbons (Fsp3) is 0.625. The number of primary amides is 2. The third-order valence-electron chi connectivity index (χ3n) is 1.93. The molecule has 0 fully saturated rings. The van der Waals surface area contributed by atoms with Crippen molar-refractivity contribution in [3.05, 3.63) is 0 Å². The summed E-state index contributed by atoms with van der Waals surface area (Å²) in [6, 6.07) is -0.912. The third-order valence-corrected chi connectivity index (χ3v) is 1.93. The van der Waals surface area contributed by atoms with Crippen LogP contribution in [0.3, 0.4) is 0 Å². The van der Waals surface area contributed by atoms with Crippen LogP contribution in [-0.4, -0.2) is 55.5 Å². The first-order chi connectivity index (χ1) is 7.92. The van der Waals surface area contributed by atoms with Gasteiger partial charge in [-0.2, -0.15) is 0 Å². The highest BCUT2D eigenvalue weighted by molar-refractivity contribution is 5.84. The number of hydrogen-bond acceptors (Lipinski definition) is 6. The maximum absolute atomic E-state index is 11.4. The van der Waals surface area contributed by atoms with Gasteiger partial charge in [0.2, 0.25) is 11.8 Å². The van der Waals surface area contributed by atoms with Gasteiger partial charge in [0.05, 0.1) is 19.7 Å². The van der Waals surface area contributed by atoms with E-state index in [0.717, 1.165) is 0 Å². The number of nitrogens with two attached hydrogens (primary N) is 3. The fourth-order valence-electron chi connectivity index (χ4n) is 1.28. The smallest absolute Gasteiger partial charge is 0.253 e. The van der Waals surface area contributed by atoms with Crippen LogP contribution in [0.5, 0.6) is 0 Å². The van der Waals surface area contributed by atoms with E-state index in [4.69, 9.17) is 22.0 Å². The predicted molar refractivity (Wildman–Crippen MR) is 58.0 cm³/mol. The Kier molecular flexibility index (Phi) is 6.79. The van der Waals surface area contributed by atoms with Crippen molar-refractivity contribution in [2.45, 2.75) is 6.04 Å². The summed E-state index contributed by atoms with van der Waals surface area (Å²) in [4.78, 5) is 34.3. The number of nitrogens with zero attached hydrogens (tertiary/aromatic N) is 1. The van der Waals surface area contributed by atoms with E-state index in [1.807, 2.05) is 5.43 Å². The average Bonchev–Trinajstić information content (AvgIpc) is 2.22. The van der Waals surface area contributed by atoms with E-state index in [1.165, 1.54) is 12.0 Å². The van der Waals surface area contributed by atoms with Gasteiger partial charge in [0.1, 0.15) is 6.04 Å². The number of ether oxygens (including phenoxy) is 1. The molecule has 9 heteroatoms. The summed E-state index contributed by atoms with van der Waals surface area (Å²) in [5.41, 5.74) is 11.9. The van der Waals surface area contributed by atoms with E-state index in [1.54, 1.807) is 0 Å². The van der Waals surface area contributed by atoms with E-state index in [9.17, 15) is 14.4 Å². The van der Waals surface area contributed by atoms with E-state index in [0.29, 0.717) is 0 Å². The SMILES string of the molecule is COCC(C(=O)NN)N(CC(N)=O)CC(N)=O. The summed E-state index contributed by atoms with van der Waals surface area (Å²) in [6.07, 6.45) is 0. The monoisotopic (exact) mass is 247 g/mol. The van der Waals surface area contributed by atoms with Crippen LogP contribution in [0.2, 0.25) is 0 Å². The van der Waals surface area contributed by atoms with Crippen LogP contribution < -0.4 is 22.7 Å². The van der Waals surface area contributed by atoms with E-state index in [2.05, 4.69) is 0 Å². The molecule has 1 unspecified atom stereocenters. The second kappa shape index (κ2) is 7.54. The predicted octanol–water partition coefficient (Wildman–Crippen LogP) is -3.74. The minimum Gasteiger partial charge on any atom is -0.383 e. The largest absolute Gasteiger partial charge is 0.383 e. The summed E-state index contributed by atoms with van der Waals surface area (Å²) in [6.45, 7) is -0.654. The van der Waals surface area contributed by atoms with Gasteiger partial charge in [0.15, 0.2) is 0 Å². The normalized spacial score (nSPS) is 12.2. The Bertz CT molecular complexity index is 280. The average molecular weight is 247 g/mol. The Hall–Kier alpha value is -1.71. The van der Waals surface area contributed by atoms with Crippen LogP contribution in [0, 0.1) is 0 Å². The molecule has 0 aliphatic rings. The molecule has 0 rings (SSSR count). The number of carbonyl (C=O) groups excluding carboxylic acids is 3. The van der Waals surface area contributed by atoms with Gasteiger partial charge >= 0.3 is 0 Å². The molecular weight excluding hydrogens is 230 g/mol. The van der Waals surface area contributed by atoms with Crippen LogP contribution >= 0.6 is 0 Å². The van der Waals surface area contributed by atoms with Crippen molar-refractivity contribution >= 4 is 17.7 Å². The van der Waals surface area contributed by atoms with Gasteiger partial charge in [-0.3, -0.25) is 24.7 Å². The molecule has 0 aliphatic heterocycles. The number of carbonyl (C=O) groups is 3. The molecule has 0 aliphatic carbocycles. The molecule has 0 radical (unpaired) electrons. The van der Waals surface area contributed by atoms with Crippen LogP contribution in [0.4, 0.5) is 0 Å². The maximum atomic E-state index is 11.4. The Morgan fingerprint density at radius 3 is 2.00 bits per heavy atom. The lowest BCUT2D eigenvalue weighted by Gasteiger charge is -2.27. The first-order valence-corrected chi connectivity index (χ1v) is 4.72. The lowest BCUT2D eigenvalue weighted by atomic mass is 10.2. The second-order valence-electron chi connectivity index (χ2n) is 3.32. The van der Waals surface area contributed by atoms with Crippen LogP contribution in [0.1, 0.15) is 0 Å². The first kappa shape index (κ1) is 15.3. The fourth-order valence-corrected chi connectivity index (χ4v) is 1.28. The molecule has 0 saturated heterocycles. The molecule has 0 aromatic heterocycles.